The van der Waals surface area contributed by atoms with E-state index in [0.717, 1.165) is 0 Å². The predicted molar refractivity (Wildman–Crippen MR) is 40.7 cm³/mol. The topological polar surface area (TPSA) is 64.4 Å². The molecule has 1 unspecified atom stereocenters. The van der Waals surface area contributed by atoms with E-state index in [1.165, 1.54) is 0 Å². The van der Waals surface area contributed by atoms with Gasteiger partial charge >= 0.3 is 6.03 Å². The molecule has 0 fully saturated rings. The van der Waals surface area contributed by atoms with Gasteiger partial charge in [0.25, 0.3) is 0 Å². The second-order valence-electron chi connectivity index (χ2n) is 2.13. The Hall–Kier alpha value is -1.45. The Morgan fingerprint density at radius 2 is 2.45 bits per heavy atom. The van der Waals surface area contributed by atoms with Crippen LogP contribution >= 0.6 is 0 Å². The quantitative estimate of drug-likeness (QED) is 0.593. The van der Waals surface area contributed by atoms with E-state index >= 15 is 0 Å². The lowest BCUT2D eigenvalue weighted by molar-refractivity contribution is 0.180. The molecule has 4 heteroatoms. The molecule has 2 amide bonds. The summed E-state index contributed by atoms with van der Waals surface area (Å²) in [6, 6.07) is -0.531. The van der Waals surface area contributed by atoms with Gasteiger partial charge in [-0.15, -0.1) is 0 Å². The number of allylic oxidation sites excluding steroid dienone is 2. The first-order valence-corrected chi connectivity index (χ1v) is 3.31. The fourth-order valence-electron chi connectivity index (χ4n) is 0.742. The number of amides is 2. The zero-order valence-electron chi connectivity index (χ0n) is 5.99. The van der Waals surface area contributed by atoms with Crippen molar-refractivity contribution in [2.75, 3.05) is 6.54 Å². The lowest BCUT2D eigenvalue weighted by Crippen LogP contribution is -2.36. The minimum absolute atomic E-state index is 0.0903. The van der Waals surface area contributed by atoms with Crippen LogP contribution in [-0.4, -0.2) is 18.7 Å². The number of carbonyl (C=O) groups is 1. The minimum atomic E-state index is -0.531. The van der Waals surface area contributed by atoms with Gasteiger partial charge in [-0.05, 0) is 12.2 Å². The van der Waals surface area contributed by atoms with E-state index in [9.17, 15) is 4.79 Å². The van der Waals surface area contributed by atoms with Crippen LogP contribution in [0.15, 0.2) is 24.5 Å². The van der Waals surface area contributed by atoms with Gasteiger partial charge in [0.2, 0.25) is 0 Å². The molecule has 0 spiro atoms. The van der Waals surface area contributed by atoms with E-state index in [0.29, 0.717) is 6.54 Å². The molecule has 4 nitrogen and oxygen atoms in total. The highest BCUT2D eigenvalue weighted by atomic mass is 16.5. The molecule has 60 valence electrons. The maximum atomic E-state index is 10.3. The van der Waals surface area contributed by atoms with Crippen molar-refractivity contribution in [2.24, 2.45) is 5.73 Å². The molecule has 1 aliphatic rings. The first-order chi connectivity index (χ1) is 5.29. The maximum Gasteiger partial charge on any atom is 0.312 e. The second-order valence-corrected chi connectivity index (χ2v) is 2.13. The average Bonchev–Trinajstić information content (AvgIpc) is 2.03. The molecular formula is C7H10N2O2. The van der Waals surface area contributed by atoms with Crippen LogP contribution in [-0.2, 0) is 4.74 Å². The van der Waals surface area contributed by atoms with Gasteiger partial charge in [-0.1, -0.05) is 6.08 Å². The Morgan fingerprint density at radius 1 is 1.64 bits per heavy atom. The largest absolute Gasteiger partial charge is 0.492 e. The van der Waals surface area contributed by atoms with Crippen LogP contribution in [0.25, 0.3) is 0 Å². The van der Waals surface area contributed by atoms with Crippen LogP contribution in [0.1, 0.15) is 0 Å². The van der Waals surface area contributed by atoms with Gasteiger partial charge < -0.3 is 15.8 Å². The van der Waals surface area contributed by atoms with E-state index in [4.69, 9.17) is 10.5 Å². The highest BCUT2D eigenvalue weighted by Crippen LogP contribution is 1.99. The van der Waals surface area contributed by atoms with Crippen molar-refractivity contribution in [3.05, 3.63) is 24.5 Å². The summed E-state index contributed by atoms with van der Waals surface area (Å²) in [6.07, 6.45) is 6.97. The summed E-state index contributed by atoms with van der Waals surface area (Å²) >= 11 is 0. The number of carbonyl (C=O) groups excluding carboxylic acids is 1. The summed E-state index contributed by atoms with van der Waals surface area (Å²) < 4.78 is 5.09. The van der Waals surface area contributed by atoms with E-state index in [1.54, 1.807) is 12.3 Å². The number of ether oxygens (including phenoxy) is 1. The molecule has 1 rings (SSSR count). The van der Waals surface area contributed by atoms with Crippen LogP contribution in [0.4, 0.5) is 4.79 Å². The normalized spacial score (nSPS) is 20.9. The molecule has 0 radical (unpaired) electrons. The molecule has 0 aromatic heterocycles. The fourth-order valence-corrected chi connectivity index (χ4v) is 0.742. The summed E-state index contributed by atoms with van der Waals surface area (Å²) in [4.78, 5) is 10.3. The summed E-state index contributed by atoms with van der Waals surface area (Å²) in [5, 5.41) is 2.44. The average molecular weight is 154 g/mol. The van der Waals surface area contributed by atoms with Gasteiger partial charge in [0.1, 0.15) is 6.10 Å². The third kappa shape index (κ3) is 2.75. The van der Waals surface area contributed by atoms with Crippen molar-refractivity contribution in [3.8, 4) is 0 Å². The molecule has 0 saturated carbocycles. The Labute approximate surface area is 64.7 Å². The highest BCUT2D eigenvalue weighted by molar-refractivity contribution is 5.71. The second kappa shape index (κ2) is 3.65. The fraction of sp³-hybridized carbons (Fsp3) is 0.286. The molecule has 1 aliphatic heterocycles. The van der Waals surface area contributed by atoms with E-state index in [-0.39, 0.29) is 6.10 Å². The number of urea groups is 1. The van der Waals surface area contributed by atoms with Crippen molar-refractivity contribution in [1.29, 1.82) is 0 Å². The van der Waals surface area contributed by atoms with Crippen LogP contribution < -0.4 is 11.1 Å². The molecule has 0 bridgehead atoms. The SMILES string of the molecule is NC(=O)NCC1C=CC=CO1. The number of nitrogens with one attached hydrogen (secondary N) is 1. The van der Waals surface area contributed by atoms with Gasteiger partial charge in [-0.3, -0.25) is 0 Å². The van der Waals surface area contributed by atoms with Crippen LogP contribution in [0.5, 0.6) is 0 Å². The number of primary amides is 1. The summed E-state index contributed by atoms with van der Waals surface area (Å²) in [7, 11) is 0. The molecule has 11 heavy (non-hydrogen) atoms. The maximum absolute atomic E-state index is 10.3. The van der Waals surface area contributed by atoms with Crippen molar-refractivity contribution in [2.45, 2.75) is 6.10 Å². The van der Waals surface area contributed by atoms with Crippen LogP contribution in [0.2, 0.25) is 0 Å². The van der Waals surface area contributed by atoms with Crippen LogP contribution in [0.3, 0.4) is 0 Å². The number of hydrogen-bond acceptors (Lipinski definition) is 2. The Morgan fingerprint density at radius 3 is 3.00 bits per heavy atom. The van der Waals surface area contributed by atoms with Crippen molar-refractivity contribution >= 4 is 6.03 Å². The van der Waals surface area contributed by atoms with E-state index in [2.05, 4.69) is 5.32 Å². The zero-order chi connectivity index (χ0) is 8.10. The number of nitrogens with two attached hydrogens (primary N) is 1. The van der Waals surface area contributed by atoms with Gasteiger partial charge in [-0.25, -0.2) is 4.79 Å². The van der Waals surface area contributed by atoms with Crippen LogP contribution in [0, 0.1) is 0 Å². The molecule has 0 aromatic rings. The zero-order valence-corrected chi connectivity index (χ0v) is 5.99. The van der Waals surface area contributed by atoms with Crippen molar-refractivity contribution in [3.63, 3.8) is 0 Å². The Balaban J connectivity index is 2.22. The third-order valence-electron chi connectivity index (χ3n) is 1.25. The Kier molecular flexibility index (Phi) is 2.54. The molecule has 3 N–H and O–H groups in total. The smallest absolute Gasteiger partial charge is 0.312 e. The van der Waals surface area contributed by atoms with Crippen molar-refractivity contribution in [1.82, 2.24) is 5.32 Å². The lowest BCUT2D eigenvalue weighted by atomic mass is 10.3. The summed E-state index contributed by atoms with van der Waals surface area (Å²) in [5.74, 6) is 0. The van der Waals surface area contributed by atoms with Gasteiger partial charge in [0.05, 0.1) is 12.8 Å². The first kappa shape index (κ1) is 7.65. The number of hydrogen-bond donors (Lipinski definition) is 2. The molecular weight excluding hydrogens is 144 g/mol. The monoisotopic (exact) mass is 154 g/mol. The predicted octanol–water partition coefficient (Wildman–Crippen LogP) is 0.123. The van der Waals surface area contributed by atoms with E-state index < -0.39 is 6.03 Å². The standard InChI is InChI=1S/C7H10N2O2/c8-7(10)9-5-6-3-1-2-4-11-6/h1-4,6H,5H2,(H3,8,9,10). The van der Waals surface area contributed by atoms with Gasteiger partial charge in [0, 0.05) is 0 Å². The summed E-state index contributed by atoms with van der Waals surface area (Å²) in [5.41, 5.74) is 4.86. The highest BCUT2D eigenvalue weighted by Gasteiger charge is 2.05. The number of rotatable bonds is 2. The first-order valence-electron chi connectivity index (χ1n) is 3.31. The Bertz CT molecular complexity index is 199. The van der Waals surface area contributed by atoms with Gasteiger partial charge in [-0.2, -0.15) is 0 Å². The molecule has 1 atom stereocenters. The lowest BCUT2D eigenvalue weighted by Gasteiger charge is -2.14. The molecule has 0 aliphatic carbocycles. The van der Waals surface area contributed by atoms with Crippen molar-refractivity contribution < 1.29 is 9.53 Å². The molecule has 1 heterocycles. The van der Waals surface area contributed by atoms with E-state index in [1.807, 2.05) is 12.2 Å². The third-order valence-corrected chi connectivity index (χ3v) is 1.25. The molecule has 0 aromatic carbocycles. The minimum Gasteiger partial charge on any atom is -0.492 e. The molecule has 0 saturated heterocycles. The van der Waals surface area contributed by atoms with Gasteiger partial charge in [0.15, 0.2) is 0 Å². The summed E-state index contributed by atoms with van der Waals surface area (Å²) in [6.45, 7) is 0.413.